The highest BCUT2D eigenvalue weighted by molar-refractivity contribution is 5.82. The molecule has 0 aromatic carbocycles. The molecule has 0 radical (unpaired) electrons. The van der Waals surface area contributed by atoms with E-state index in [9.17, 15) is 4.79 Å². The number of piperidine rings is 1. The Morgan fingerprint density at radius 1 is 1.27 bits per heavy atom. The molecule has 122 valence electrons. The SMILES string of the molecule is CC(C)c1nccn1C1CCCN(C(=O)C2CCCN2C)C1. The molecule has 1 aromatic rings. The fourth-order valence-corrected chi connectivity index (χ4v) is 3.90. The standard InChI is InChI=1S/C17H28N4O/c1-13(2)16-18-8-11-21(16)14-6-4-10-20(12-14)17(22)15-7-5-9-19(15)3/h8,11,13-15H,4-7,9-10,12H2,1-3H3. The summed E-state index contributed by atoms with van der Waals surface area (Å²) in [6.45, 7) is 7.15. The molecule has 2 aliphatic rings. The van der Waals surface area contributed by atoms with Crippen molar-refractivity contribution in [3.05, 3.63) is 18.2 Å². The van der Waals surface area contributed by atoms with Crippen LogP contribution in [0.15, 0.2) is 12.4 Å². The number of hydrogen-bond acceptors (Lipinski definition) is 3. The average molecular weight is 304 g/mol. The van der Waals surface area contributed by atoms with Crippen molar-refractivity contribution in [2.75, 3.05) is 26.7 Å². The number of nitrogens with zero attached hydrogens (tertiary/aromatic N) is 4. The first kappa shape index (κ1) is 15.5. The number of amides is 1. The van der Waals surface area contributed by atoms with Gasteiger partial charge in [0.2, 0.25) is 5.91 Å². The van der Waals surface area contributed by atoms with Gasteiger partial charge < -0.3 is 9.47 Å². The van der Waals surface area contributed by atoms with Crippen molar-refractivity contribution in [2.45, 2.75) is 57.5 Å². The molecule has 2 atom stereocenters. The molecule has 0 N–H and O–H groups in total. The third kappa shape index (κ3) is 2.91. The molecule has 5 nitrogen and oxygen atoms in total. The van der Waals surface area contributed by atoms with Gasteiger partial charge in [0.05, 0.1) is 12.1 Å². The summed E-state index contributed by atoms with van der Waals surface area (Å²) in [6, 6.07) is 0.482. The van der Waals surface area contributed by atoms with Crippen LogP contribution in [0, 0.1) is 0 Å². The number of carbonyl (C=O) groups excluding carboxylic acids is 1. The Bertz CT molecular complexity index is 524. The summed E-state index contributed by atoms with van der Waals surface area (Å²) in [5.74, 6) is 1.88. The average Bonchev–Trinajstić information content (AvgIpc) is 3.15. The van der Waals surface area contributed by atoms with Crippen molar-refractivity contribution in [3.63, 3.8) is 0 Å². The number of rotatable bonds is 3. The molecule has 0 saturated carbocycles. The minimum Gasteiger partial charge on any atom is -0.339 e. The fourth-order valence-electron chi connectivity index (χ4n) is 3.90. The number of carbonyl (C=O) groups is 1. The molecule has 3 rings (SSSR count). The minimum atomic E-state index is 0.103. The van der Waals surface area contributed by atoms with Crippen molar-refractivity contribution < 1.29 is 4.79 Å². The van der Waals surface area contributed by atoms with Gasteiger partial charge in [-0.15, -0.1) is 0 Å². The zero-order valence-corrected chi connectivity index (χ0v) is 14.0. The van der Waals surface area contributed by atoms with E-state index in [4.69, 9.17) is 0 Å². The lowest BCUT2D eigenvalue weighted by Crippen LogP contribution is -2.48. The molecule has 2 aliphatic heterocycles. The van der Waals surface area contributed by atoms with Crippen LogP contribution in [-0.2, 0) is 4.79 Å². The normalized spacial score (nSPS) is 26.8. The lowest BCUT2D eigenvalue weighted by Gasteiger charge is -2.36. The highest BCUT2D eigenvalue weighted by Crippen LogP contribution is 2.27. The van der Waals surface area contributed by atoms with E-state index < -0.39 is 0 Å². The summed E-state index contributed by atoms with van der Waals surface area (Å²) in [4.78, 5) is 21.6. The van der Waals surface area contributed by atoms with E-state index in [1.165, 1.54) is 0 Å². The number of likely N-dealkylation sites (tertiary alicyclic amines) is 2. The van der Waals surface area contributed by atoms with Gasteiger partial charge in [-0.1, -0.05) is 13.8 Å². The van der Waals surface area contributed by atoms with Crippen molar-refractivity contribution in [2.24, 2.45) is 0 Å². The summed E-state index contributed by atoms with van der Waals surface area (Å²) in [6.07, 6.45) is 8.35. The molecular formula is C17H28N4O. The van der Waals surface area contributed by atoms with Crippen LogP contribution in [0.2, 0.25) is 0 Å². The predicted octanol–water partition coefficient (Wildman–Crippen LogP) is 2.26. The lowest BCUT2D eigenvalue weighted by atomic mass is 10.0. The van der Waals surface area contributed by atoms with Crippen molar-refractivity contribution in [1.29, 1.82) is 0 Å². The van der Waals surface area contributed by atoms with Crippen LogP contribution in [0.25, 0.3) is 0 Å². The first-order chi connectivity index (χ1) is 10.6. The van der Waals surface area contributed by atoms with Crippen LogP contribution in [0.4, 0.5) is 0 Å². The van der Waals surface area contributed by atoms with Crippen LogP contribution < -0.4 is 0 Å². The van der Waals surface area contributed by atoms with Crippen LogP contribution in [0.1, 0.15) is 57.3 Å². The molecule has 0 bridgehead atoms. The van der Waals surface area contributed by atoms with E-state index in [0.717, 1.165) is 51.1 Å². The molecule has 22 heavy (non-hydrogen) atoms. The molecule has 5 heteroatoms. The molecule has 2 fully saturated rings. The van der Waals surface area contributed by atoms with Gasteiger partial charge in [-0.05, 0) is 39.3 Å². The van der Waals surface area contributed by atoms with Gasteiger partial charge in [0.25, 0.3) is 0 Å². The maximum absolute atomic E-state index is 12.8. The van der Waals surface area contributed by atoms with E-state index in [-0.39, 0.29) is 6.04 Å². The first-order valence-corrected chi connectivity index (χ1v) is 8.59. The number of aromatic nitrogens is 2. The largest absolute Gasteiger partial charge is 0.339 e. The number of imidazole rings is 1. The van der Waals surface area contributed by atoms with Gasteiger partial charge in [0.15, 0.2) is 0 Å². The van der Waals surface area contributed by atoms with Gasteiger partial charge in [-0.2, -0.15) is 0 Å². The van der Waals surface area contributed by atoms with E-state index >= 15 is 0 Å². The maximum atomic E-state index is 12.8. The zero-order chi connectivity index (χ0) is 15.7. The first-order valence-electron chi connectivity index (χ1n) is 8.59. The lowest BCUT2D eigenvalue weighted by molar-refractivity contribution is -0.137. The summed E-state index contributed by atoms with van der Waals surface area (Å²) in [7, 11) is 2.07. The van der Waals surface area contributed by atoms with Crippen molar-refractivity contribution in [3.8, 4) is 0 Å². The molecule has 1 amide bonds. The molecule has 2 saturated heterocycles. The fraction of sp³-hybridized carbons (Fsp3) is 0.765. The van der Waals surface area contributed by atoms with Crippen LogP contribution in [0.3, 0.4) is 0 Å². The van der Waals surface area contributed by atoms with Gasteiger partial charge in [-0.25, -0.2) is 4.98 Å². The zero-order valence-electron chi connectivity index (χ0n) is 14.0. The second-order valence-corrected chi connectivity index (χ2v) is 7.07. The number of likely N-dealkylation sites (N-methyl/N-ethyl adjacent to an activating group) is 1. The molecule has 3 heterocycles. The smallest absolute Gasteiger partial charge is 0.239 e. The third-order valence-electron chi connectivity index (χ3n) is 5.12. The van der Waals surface area contributed by atoms with E-state index in [0.29, 0.717) is 17.9 Å². The molecular weight excluding hydrogens is 276 g/mol. The summed E-state index contributed by atoms with van der Waals surface area (Å²) >= 11 is 0. The highest BCUT2D eigenvalue weighted by atomic mass is 16.2. The molecule has 2 unspecified atom stereocenters. The third-order valence-corrected chi connectivity index (χ3v) is 5.12. The maximum Gasteiger partial charge on any atom is 0.239 e. The van der Waals surface area contributed by atoms with Gasteiger partial charge >= 0.3 is 0 Å². The predicted molar refractivity (Wildman–Crippen MR) is 86.8 cm³/mol. The summed E-state index contributed by atoms with van der Waals surface area (Å²) in [5.41, 5.74) is 0. The molecule has 1 aromatic heterocycles. The summed E-state index contributed by atoms with van der Waals surface area (Å²) in [5, 5.41) is 0. The Kier molecular flexibility index (Phi) is 4.52. The van der Waals surface area contributed by atoms with Gasteiger partial charge in [0.1, 0.15) is 5.82 Å². The quantitative estimate of drug-likeness (QED) is 0.860. The second kappa shape index (κ2) is 6.41. The van der Waals surface area contributed by atoms with Crippen molar-refractivity contribution >= 4 is 5.91 Å². The van der Waals surface area contributed by atoms with Gasteiger partial charge in [0, 0.05) is 31.4 Å². The summed E-state index contributed by atoms with van der Waals surface area (Å²) < 4.78 is 2.29. The molecule has 0 aliphatic carbocycles. The Morgan fingerprint density at radius 3 is 2.73 bits per heavy atom. The Morgan fingerprint density at radius 2 is 2.05 bits per heavy atom. The van der Waals surface area contributed by atoms with Crippen LogP contribution in [0.5, 0.6) is 0 Å². The monoisotopic (exact) mass is 304 g/mol. The Balaban J connectivity index is 1.71. The second-order valence-electron chi connectivity index (χ2n) is 7.07. The van der Waals surface area contributed by atoms with Crippen LogP contribution in [-0.4, -0.2) is 58.0 Å². The minimum absolute atomic E-state index is 0.103. The highest BCUT2D eigenvalue weighted by Gasteiger charge is 2.34. The molecule has 0 spiro atoms. The Hall–Kier alpha value is -1.36. The van der Waals surface area contributed by atoms with E-state index in [2.05, 4.69) is 46.4 Å². The Labute approximate surface area is 133 Å². The van der Waals surface area contributed by atoms with E-state index in [1.54, 1.807) is 0 Å². The topological polar surface area (TPSA) is 41.4 Å². The van der Waals surface area contributed by atoms with Crippen LogP contribution >= 0.6 is 0 Å². The van der Waals surface area contributed by atoms with Crippen molar-refractivity contribution in [1.82, 2.24) is 19.4 Å². The number of hydrogen-bond donors (Lipinski definition) is 0. The van der Waals surface area contributed by atoms with E-state index in [1.807, 2.05) is 6.20 Å². The van der Waals surface area contributed by atoms with Gasteiger partial charge in [-0.3, -0.25) is 9.69 Å².